The van der Waals surface area contributed by atoms with Crippen molar-refractivity contribution in [2.75, 3.05) is 17.2 Å². The number of anilines is 2. The van der Waals surface area contributed by atoms with E-state index in [0.29, 0.717) is 24.4 Å². The van der Waals surface area contributed by atoms with E-state index in [1.807, 2.05) is 32.0 Å². The topological polar surface area (TPSA) is 110 Å². The van der Waals surface area contributed by atoms with Gasteiger partial charge in [0, 0.05) is 42.3 Å². The van der Waals surface area contributed by atoms with Crippen LogP contribution < -0.4 is 16.3 Å². The number of fused-ring (bicyclic) bond motifs is 3. The molecule has 0 fully saturated rings. The van der Waals surface area contributed by atoms with Crippen LogP contribution >= 0.6 is 23.9 Å². The maximum absolute atomic E-state index is 13.1. The third kappa shape index (κ3) is 5.63. The highest BCUT2D eigenvalue weighted by Gasteiger charge is 2.31. The average Bonchev–Trinajstić information content (AvgIpc) is 3.58. The minimum atomic E-state index is -4.57. The molecule has 14 heteroatoms. The number of aromatic nitrogens is 5. The minimum absolute atomic E-state index is 0. The molecule has 210 valence electrons. The number of pyridine rings is 2. The fraction of sp³-hybridized carbons (Fsp3) is 0.185. The number of rotatable bonds is 4. The summed E-state index contributed by atoms with van der Waals surface area (Å²) >= 11 is 1.28. The zero-order valence-corrected chi connectivity index (χ0v) is 23.3. The Labute approximate surface area is 242 Å². The zero-order chi connectivity index (χ0) is 28.0. The van der Waals surface area contributed by atoms with E-state index in [1.165, 1.54) is 11.5 Å². The molecule has 2 N–H and O–H groups in total. The van der Waals surface area contributed by atoms with Gasteiger partial charge in [0.2, 0.25) is 0 Å². The molecule has 0 radical (unpaired) electrons. The standard InChI is InChI=1S/C27H21F3N8OS.ClH/c1-14-3-4-18(34-25(39)21-11-17(5-6-31-21)27(28,29)30)12-19(14)20-10-16-13-33-26(35-22-9-15(2)37-40-22)36-23(16)38-8-7-32-24(20)38;/h3-6,9-13,32H,7-8H2,1-2H3,(H,34,39);1H. The summed E-state index contributed by atoms with van der Waals surface area (Å²) in [4.78, 5) is 30.2. The molecule has 0 bridgehead atoms. The van der Waals surface area contributed by atoms with Crippen molar-refractivity contribution in [2.24, 2.45) is 4.99 Å². The Bertz CT molecular complexity index is 1820. The fourth-order valence-corrected chi connectivity index (χ4v) is 5.17. The van der Waals surface area contributed by atoms with Gasteiger partial charge >= 0.3 is 6.18 Å². The minimum Gasteiger partial charge on any atom is -0.369 e. The van der Waals surface area contributed by atoms with E-state index in [0.717, 1.165) is 62.9 Å². The van der Waals surface area contributed by atoms with Gasteiger partial charge in [0.15, 0.2) is 0 Å². The van der Waals surface area contributed by atoms with Crippen LogP contribution in [0.15, 0.2) is 59.9 Å². The molecule has 41 heavy (non-hydrogen) atoms. The molecule has 0 atom stereocenters. The third-order valence-electron chi connectivity index (χ3n) is 6.42. The van der Waals surface area contributed by atoms with E-state index in [9.17, 15) is 18.0 Å². The van der Waals surface area contributed by atoms with Gasteiger partial charge < -0.3 is 15.2 Å². The van der Waals surface area contributed by atoms with E-state index >= 15 is 0 Å². The van der Waals surface area contributed by atoms with Gasteiger partial charge in [0.1, 0.15) is 22.3 Å². The Morgan fingerprint density at radius 1 is 1.10 bits per heavy atom. The van der Waals surface area contributed by atoms with Gasteiger partial charge in [-0.25, -0.2) is 4.98 Å². The SMILES string of the molecule is Cc1cc(N=c2ncc3cc(-c4cc(NC(=O)c5cc(C(F)(F)F)ccn5)ccc4C)c4n(c-3n2)CCN4)sn1.Cl. The maximum atomic E-state index is 13.1. The van der Waals surface area contributed by atoms with Crippen LogP contribution in [-0.2, 0) is 12.7 Å². The number of carbonyl (C=O) groups excluding carboxylic acids is 1. The third-order valence-corrected chi connectivity index (χ3v) is 7.20. The monoisotopic (exact) mass is 598 g/mol. The van der Waals surface area contributed by atoms with Crippen LogP contribution in [0.2, 0.25) is 0 Å². The Kier molecular flexibility index (Phi) is 7.49. The van der Waals surface area contributed by atoms with Crippen molar-refractivity contribution < 1.29 is 18.0 Å². The number of hydrogen-bond acceptors (Lipinski definition) is 8. The molecule has 3 aromatic rings. The van der Waals surface area contributed by atoms with E-state index < -0.39 is 17.6 Å². The summed E-state index contributed by atoms with van der Waals surface area (Å²) in [6, 6.07) is 10.7. The number of nitrogens with one attached hydrogen (secondary N) is 2. The predicted molar refractivity (Wildman–Crippen MR) is 152 cm³/mol. The summed E-state index contributed by atoms with van der Waals surface area (Å²) in [6.45, 7) is 5.23. The molecule has 1 aromatic carbocycles. The van der Waals surface area contributed by atoms with Crippen LogP contribution in [0.25, 0.3) is 22.5 Å². The highest BCUT2D eigenvalue weighted by atomic mass is 35.5. The molecule has 1 amide bonds. The predicted octanol–water partition coefficient (Wildman–Crippen LogP) is 5.87. The number of amides is 1. The molecular weight excluding hydrogens is 577 g/mol. The summed E-state index contributed by atoms with van der Waals surface area (Å²) < 4.78 is 45.6. The fourth-order valence-electron chi connectivity index (χ4n) is 4.54. The summed E-state index contributed by atoms with van der Waals surface area (Å²) in [7, 11) is 0. The van der Waals surface area contributed by atoms with Crippen molar-refractivity contribution in [3.05, 3.63) is 83.0 Å². The van der Waals surface area contributed by atoms with Gasteiger partial charge in [-0.05, 0) is 72.9 Å². The second kappa shape index (κ2) is 10.9. The van der Waals surface area contributed by atoms with E-state index in [-0.39, 0.29) is 18.1 Å². The van der Waals surface area contributed by atoms with Crippen molar-refractivity contribution in [2.45, 2.75) is 26.6 Å². The molecule has 5 heterocycles. The number of hydrogen-bond donors (Lipinski definition) is 2. The van der Waals surface area contributed by atoms with Crippen LogP contribution in [0.3, 0.4) is 0 Å². The summed E-state index contributed by atoms with van der Waals surface area (Å²) in [5.41, 5.74) is 3.85. The number of aryl methyl sites for hydroxylation is 2. The summed E-state index contributed by atoms with van der Waals surface area (Å²) in [5.74, 6) is 0.853. The Hall–Kier alpha value is -4.36. The molecule has 3 aliphatic heterocycles. The Balaban J connectivity index is 0.00000337. The van der Waals surface area contributed by atoms with Gasteiger partial charge in [-0.15, -0.1) is 12.4 Å². The van der Waals surface area contributed by atoms with Crippen molar-refractivity contribution >= 4 is 46.4 Å². The molecule has 3 aliphatic rings. The molecule has 0 unspecified atom stereocenters. The molecule has 6 rings (SSSR count). The van der Waals surface area contributed by atoms with E-state index in [2.05, 4.69) is 34.5 Å². The first-order valence-electron chi connectivity index (χ1n) is 12.2. The number of alkyl halides is 3. The smallest absolute Gasteiger partial charge is 0.369 e. The number of halogens is 4. The highest BCUT2D eigenvalue weighted by molar-refractivity contribution is 7.09. The quantitative estimate of drug-likeness (QED) is 0.268. The van der Waals surface area contributed by atoms with Crippen LogP contribution in [0.1, 0.15) is 27.3 Å². The Morgan fingerprint density at radius 2 is 1.93 bits per heavy atom. The lowest BCUT2D eigenvalue weighted by atomic mass is 9.98. The molecule has 0 aliphatic carbocycles. The maximum Gasteiger partial charge on any atom is 0.416 e. The normalized spacial score (nSPS) is 13.0. The van der Waals surface area contributed by atoms with Crippen molar-refractivity contribution in [1.82, 2.24) is 23.9 Å². The first-order chi connectivity index (χ1) is 19.2. The molecule has 0 saturated carbocycles. The van der Waals surface area contributed by atoms with E-state index in [4.69, 9.17) is 4.98 Å². The van der Waals surface area contributed by atoms with Crippen molar-refractivity contribution in [1.29, 1.82) is 0 Å². The van der Waals surface area contributed by atoms with Gasteiger partial charge in [0.25, 0.3) is 11.5 Å². The van der Waals surface area contributed by atoms with Crippen LogP contribution in [-0.4, -0.2) is 36.3 Å². The zero-order valence-electron chi connectivity index (χ0n) is 21.7. The molecular formula is C27H22ClF3N8OS. The number of benzene rings is 1. The second-order valence-electron chi connectivity index (χ2n) is 9.26. The Morgan fingerprint density at radius 3 is 2.68 bits per heavy atom. The van der Waals surface area contributed by atoms with Crippen LogP contribution in [0.5, 0.6) is 0 Å². The molecule has 2 aromatic heterocycles. The lowest BCUT2D eigenvalue weighted by Gasteiger charge is -2.19. The lowest BCUT2D eigenvalue weighted by Crippen LogP contribution is -2.17. The largest absolute Gasteiger partial charge is 0.416 e. The van der Waals surface area contributed by atoms with Crippen molar-refractivity contribution in [3.63, 3.8) is 0 Å². The summed E-state index contributed by atoms with van der Waals surface area (Å²) in [5, 5.41) is 6.82. The number of carbonyl (C=O) groups is 1. The first-order valence-corrected chi connectivity index (χ1v) is 13.0. The highest BCUT2D eigenvalue weighted by Crippen LogP contribution is 2.39. The first kappa shape index (κ1) is 28.2. The lowest BCUT2D eigenvalue weighted by molar-refractivity contribution is -0.137. The summed E-state index contributed by atoms with van der Waals surface area (Å²) in [6.07, 6.45) is -1.88. The molecule has 0 saturated heterocycles. The van der Waals surface area contributed by atoms with Gasteiger partial charge in [-0.1, -0.05) is 6.07 Å². The van der Waals surface area contributed by atoms with Crippen LogP contribution in [0.4, 0.5) is 29.7 Å². The van der Waals surface area contributed by atoms with Gasteiger partial charge in [-0.2, -0.15) is 27.5 Å². The van der Waals surface area contributed by atoms with Crippen molar-refractivity contribution in [3.8, 4) is 22.5 Å². The van der Waals surface area contributed by atoms with Gasteiger partial charge in [0.05, 0.1) is 11.3 Å². The molecule has 9 nitrogen and oxygen atoms in total. The number of nitrogens with zero attached hydrogens (tertiary/aromatic N) is 6. The van der Waals surface area contributed by atoms with Crippen LogP contribution in [0, 0.1) is 13.8 Å². The molecule has 0 spiro atoms. The van der Waals surface area contributed by atoms with Gasteiger partial charge in [-0.3, -0.25) is 9.78 Å². The average molecular weight is 599 g/mol. The second-order valence-corrected chi connectivity index (χ2v) is 10.0. The van der Waals surface area contributed by atoms with E-state index in [1.54, 1.807) is 18.3 Å².